The van der Waals surface area contributed by atoms with Crippen molar-refractivity contribution in [3.05, 3.63) is 40.9 Å². The summed E-state index contributed by atoms with van der Waals surface area (Å²) in [4.78, 5) is 20.2. The van der Waals surface area contributed by atoms with Crippen molar-refractivity contribution in [2.24, 2.45) is 0 Å². The molecular formula is C19H28N2O2S2. The molecule has 1 heterocycles. The average molecular weight is 381 g/mol. The Labute approximate surface area is 159 Å². The molecule has 1 fully saturated rings. The summed E-state index contributed by atoms with van der Waals surface area (Å²) in [5.41, 5.74) is 0.718. The monoisotopic (exact) mass is 380 g/mol. The molecule has 1 aliphatic carbocycles. The molecule has 0 amide bonds. The van der Waals surface area contributed by atoms with Gasteiger partial charge >= 0.3 is 0 Å². The van der Waals surface area contributed by atoms with Gasteiger partial charge in [0.1, 0.15) is 0 Å². The molecule has 0 radical (unpaired) electrons. The lowest BCUT2D eigenvalue weighted by molar-refractivity contribution is 0.0949. The minimum absolute atomic E-state index is 0.0384. The Morgan fingerprint density at radius 2 is 1.96 bits per heavy atom. The third-order valence-corrected chi connectivity index (χ3v) is 5.40. The van der Waals surface area contributed by atoms with Gasteiger partial charge in [-0.2, -0.15) is 0 Å². The van der Waals surface area contributed by atoms with Crippen LogP contribution in [0, 0.1) is 0 Å². The van der Waals surface area contributed by atoms with Gasteiger partial charge in [-0.1, -0.05) is 37.3 Å². The van der Waals surface area contributed by atoms with Crippen molar-refractivity contribution in [1.82, 2.24) is 4.98 Å². The van der Waals surface area contributed by atoms with Crippen LogP contribution in [0.25, 0.3) is 0 Å². The minimum Gasteiger partial charge on any atom is -0.393 e. The second-order valence-corrected chi connectivity index (χ2v) is 7.44. The van der Waals surface area contributed by atoms with E-state index in [-0.39, 0.29) is 11.9 Å². The summed E-state index contributed by atoms with van der Waals surface area (Å²) >= 11 is 3.05. The summed E-state index contributed by atoms with van der Waals surface area (Å²) in [6.45, 7) is 4.00. The van der Waals surface area contributed by atoms with Gasteiger partial charge in [-0.05, 0) is 37.7 Å². The molecular weight excluding hydrogens is 352 g/mol. The topological polar surface area (TPSA) is 53.4 Å². The number of thiazole rings is 1. The van der Waals surface area contributed by atoms with Crippen molar-refractivity contribution >= 4 is 34.0 Å². The van der Waals surface area contributed by atoms with Gasteiger partial charge < -0.3 is 10.0 Å². The van der Waals surface area contributed by atoms with Crippen LogP contribution in [0.2, 0.25) is 0 Å². The number of ketones is 1. The molecule has 3 rings (SSSR count). The molecule has 0 spiro atoms. The van der Waals surface area contributed by atoms with Crippen molar-refractivity contribution in [3.63, 3.8) is 0 Å². The van der Waals surface area contributed by atoms with E-state index in [1.807, 2.05) is 63.4 Å². The van der Waals surface area contributed by atoms with E-state index in [0.717, 1.165) is 28.4 Å². The van der Waals surface area contributed by atoms with Crippen molar-refractivity contribution in [2.45, 2.75) is 44.1 Å². The summed E-state index contributed by atoms with van der Waals surface area (Å²) in [5.74, 6) is 0.0384. The number of benzene rings is 1. The third-order valence-electron chi connectivity index (χ3n) is 3.51. The number of hydrogen-bond donors (Lipinski definition) is 1. The minimum atomic E-state index is 0.0384. The molecule has 0 unspecified atom stereocenters. The van der Waals surface area contributed by atoms with E-state index < -0.39 is 0 Å². The van der Waals surface area contributed by atoms with Crippen LogP contribution >= 0.6 is 23.1 Å². The van der Waals surface area contributed by atoms with Crippen molar-refractivity contribution in [2.75, 3.05) is 25.3 Å². The zero-order valence-corrected chi connectivity index (χ0v) is 17.3. The predicted octanol–water partition coefficient (Wildman–Crippen LogP) is 4.72. The number of aliphatic hydroxyl groups excluding tert-OH is 1. The standard InChI is InChI=1S/C13H14N2OS2.C4H8O.C2H6/c1-15(2)13-14-8-11(18-13)12(16)9-5-4-6-10(7-9)17-3;5-4-2-1-3-4;1-2/h4-8H,1-3H3;4-5H,1-3H2;1-2H3. The molecule has 1 aliphatic rings. The zero-order valence-electron chi connectivity index (χ0n) is 15.7. The van der Waals surface area contributed by atoms with E-state index in [1.165, 1.54) is 17.8 Å². The number of aromatic nitrogens is 1. The molecule has 2 aromatic rings. The molecule has 0 saturated heterocycles. The number of nitrogens with zero attached hydrogens (tertiary/aromatic N) is 2. The highest BCUT2D eigenvalue weighted by Crippen LogP contribution is 2.24. The Hall–Kier alpha value is -1.37. The molecule has 25 heavy (non-hydrogen) atoms. The highest BCUT2D eigenvalue weighted by Gasteiger charge is 2.14. The SMILES string of the molecule is CC.CSc1cccc(C(=O)c2cnc(N(C)C)s2)c1.OC1CCC1. The number of carbonyl (C=O) groups excluding carboxylic acids is 1. The van der Waals surface area contributed by atoms with Crippen molar-refractivity contribution in [1.29, 1.82) is 0 Å². The van der Waals surface area contributed by atoms with Gasteiger partial charge in [0.2, 0.25) is 5.78 Å². The molecule has 6 heteroatoms. The van der Waals surface area contributed by atoms with Gasteiger partial charge in [0, 0.05) is 24.6 Å². The van der Waals surface area contributed by atoms with Crippen LogP contribution in [-0.2, 0) is 0 Å². The third kappa shape index (κ3) is 6.80. The maximum atomic E-state index is 12.3. The Morgan fingerprint density at radius 1 is 1.32 bits per heavy atom. The van der Waals surface area contributed by atoms with E-state index in [2.05, 4.69) is 4.98 Å². The smallest absolute Gasteiger partial charge is 0.204 e. The van der Waals surface area contributed by atoms with Crippen LogP contribution in [-0.4, -0.2) is 42.3 Å². The van der Waals surface area contributed by atoms with Gasteiger partial charge in [0.15, 0.2) is 5.13 Å². The van der Waals surface area contributed by atoms with Gasteiger partial charge in [0.25, 0.3) is 0 Å². The lowest BCUT2D eigenvalue weighted by Crippen LogP contribution is -2.15. The fourth-order valence-electron chi connectivity index (χ4n) is 1.87. The van der Waals surface area contributed by atoms with E-state index in [0.29, 0.717) is 4.88 Å². The van der Waals surface area contributed by atoms with Crippen LogP contribution < -0.4 is 4.90 Å². The van der Waals surface area contributed by atoms with Crippen LogP contribution in [0.3, 0.4) is 0 Å². The summed E-state index contributed by atoms with van der Waals surface area (Å²) in [6.07, 6.45) is 7.03. The normalized spacial score (nSPS) is 12.9. The number of carbonyl (C=O) groups is 1. The molecule has 0 bridgehead atoms. The maximum Gasteiger partial charge on any atom is 0.204 e. The van der Waals surface area contributed by atoms with Crippen molar-refractivity contribution < 1.29 is 9.90 Å². The molecule has 1 saturated carbocycles. The summed E-state index contributed by atoms with van der Waals surface area (Å²) in [7, 11) is 3.84. The fourth-order valence-corrected chi connectivity index (χ4v) is 3.13. The van der Waals surface area contributed by atoms with Gasteiger partial charge in [-0.25, -0.2) is 4.98 Å². The molecule has 0 atom stereocenters. The number of rotatable bonds is 4. The first-order valence-electron chi connectivity index (χ1n) is 8.51. The van der Waals surface area contributed by atoms with Crippen LogP contribution in [0.15, 0.2) is 35.4 Å². The number of aliphatic hydroxyl groups is 1. The van der Waals surface area contributed by atoms with Crippen LogP contribution in [0.1, 0.15) is 48.3 Å². The van der Waals surface area contributed by atoms with Crippen molar-refractivity contribution in [3.8, 4) is 0 Å². The van der Waals surface area contributed by atoms with Gasteiger partial charge in [-0.3, -0.25) is 4.79 Å². The Balaban J connectivity index is 0.000000376. The average Bonchev–Trinajstić information content (AvgIpc) is 3.12. The molecule has 4 nitrogen and oxygen atoms in total. The molecule has 0 aliphatic heterocycles. The Morgan fingerprint density at radius 3 is 2.40 bits per heavy atom. The predicted molar refractivity (Wildman–Crippen MR) is 109 cm³/mol. The van der Waals surface area contributed by atoms with Crippen LogP contribution in [0.4, 0.5) is 5.13 Å². The van der Waals surface area contributed by atoms with E-state index in [1.54, 1.807) is 18.0 Å². The van der Waals surface area contributed by atoms with Gasteiger partial charge in [-0.15, -0.1) is 11.8 Å². The van der Waals surface area contributed by atoms with E-state index in [4.69, 9.17) is 5.11 Å². The van der Waals surface area contributed by atoms with E-state index >= 15 is 0 Å². The quantitative estimate of drug-likeness (QED) is 0.614. The molecule has 1 aromatic heterocycles. The first-order valence-corrected chi connectivity index (χ1v) is 10.6. The highest BCUT2D eigenvalue weighted by molar-refractivity contribution is 7.98. The summed E-state index contributed by atoms with van der Waals surface area (Å²) in [5, 5.41) is 9.29. The highest BCUT2D eigenvalue weighted by atomic mass is 32.2. The number of thioether (sulfide) groups is 1. The Bertz CT molecular complexity index is 652. The largest absolute Gasteiger partial charge is 0.393 e. The first-order chi connectivity index (χ1) is 12.0. The molecule has 1 N–H and O–H groups in total. The van der Waals surface area contributed by atoms with E-state index in [9.17, 15) is 4.79 Å². The second kappa shape index (κ2) is 11.3. The maximum absolute atomic E-state index is 12.3. The van der Waals surface area contributed by atoms with Crippen LogP contribution in [0.5, 0.6) is 0 Å². The summed E-state index contributed by atoms with van der Waals surface area (Å²) < 4.78 is 0. The number of anilines is 1. The fraction of sp³-hybridized carbons (Fsp3) is 0.474. The number of hydrogen-bond acceptors (Lipinski definition) is 6. The molecule has 1 aromatic carbocycles. The molecule has 138 valence electrons. The lowest BCUT2D eigenvalue weighted by atomic mass is 9.97. The second-order valence-electron chi connectivity index (χ2n) is 5.55. The summed E-state index contributed by atoms with van der Waals surface area (Å²) in [6, 6.07) is 7.67. The zero-order chi connectivity index (χ0) is 18.8. The van der Waals surface area contributed by atoms with Gasteiger partial charge in [0.05, 0.1) is 17.2 Å². The Kier molecular flexibility index (Phi) is 9.78. The lowest BCUT2D eigenvalue weighted by Gasteiger charge is -2.17. The first kappa shape index (κ1) is 21.7.